The second-order valence-electron chi connectivity index (χ2n) is 13.1. The summed E-state index contributed by atoms with van der Waals surface area (Å²) < 4.78 is 0. The molecule has 0 saturated carbocycles. The average molecular weight is 730 g/mol. The largest absolute Gasteiger partial charge is 0.184 e. The van der Waals surface area contributed by atoms with Crippen LogP contribution in [0.2, 0.25) is 0 Å². The van der Waals surface area contributed by atoms with E-state index in [-0.39, 0.29) is 14.9 Å². The zero-order valence-electron chi connectivity index (χ0n) is 31.7. The van der Waals surface area contributed by atoms with Crippen molar-refractivity contribution in [2.45, 2.75) is 92.9 Å². The van der Waals surface area contributed by atoms with Crippen LogP contribution >= 0.6 is 0 Å². The zero-order valence-corrected chi connectivity index (χ0v) is 35.2. The normalized spacial score (nSPS) is 10.0. The molecule has 2 radical (unpaired) electrons. The zero-order chi connectivity index (χ0) is 34.2. The summed E-state index contributed by atoms with van der Waals surface area (Å²) in [4.78, 5) is 0. The maximum absolute atomic E-state index is 3.06. The van der Waals surface area contributed by atoms with Gasteiger partial charge in [-0.05, 0) is 23.7 Å². The summed E-state index contributed by atoms with van der Waals surface area (Å²) in [7, 11) is 0. The van der Waals surface area contributed by atoms with Crippen molar-refractivity contribution in [1.29, 1.82) is 0 Å². The Morgan fingerprint density at radius 1 is 0.479 bits per heavy atom. The van der Waals surface area contributed by atoms with Gasteiger partial charge in [0.05, 0.1) is 0 Å². The first-order valence-corrected chi connectivity index (χ1v) is 20.7. The van der Waals surface area contributed by atoms with Crippen LogP contribution in [0.25, 0.3) is 21.5 Å². The molecule has 0 nitrogen and oxygen atoms in total. The third-order valence-electron chi connectivity index (χ3n) is 7.83. The number of hydrogen-bond acceptors (Lipinski definition) is 0. The van der Waals surface area contributed by atoms with Gasteiger partial charge in [0.15, 0.2) is 0 Å². The molecule has 0 bridgehead atoms. The van der Waals surface area contributed by atoms with Crippen LogP contribution in [-0.4, -0.2) is 6.88 Å². The molecular weight excluding hydrogens is 672 g/mol. The summed E-state index contributed by atoms with van der Waals surface area (Å²) in [6.45, 7) is 25.6. The third kappa shape index (κ3) is 14.4. The van der Waals surface area contributed by atoms with Crippen LogP contribution in [-0.2, 0) is 23.3 Å². The van der Waals surface area contributed by atoms with Crippen LogP contribution in [0.5, 0.6) is 0 Å². The summed E-state index contributed by atoms with van der Waals surface area (Å²) in [6, 6.07) is 43.7. The number of aryl methyl sites for hydroxylation is 2. The molecule has 0 saturated heterocycles. The fraction of sp³-hybridized carbons (Fsp3) is 0.304. The van der Waals surface area contributed by atoms with Gasteiger partial charge in [-0.25, -0.2) is 0 Å². The monoisotopic (exact) mass is 728 g/mol. The Bertz CT molecular complexity index is 1500. The van der Waals surface area contributed by atoms with Gasteiger partial charge in [0, 0.05) is 0 Å². The number of rotatable bonds is 4. The molecule has 0 atom stereocenters. The van der Waals surface area contributed by atoms with E-state index in [1.54, 1.807) is 0 Å². The summed E-state index contributed by atoms with van der Waals surface area (Å²) in [5.41, 5.74) is 8.66. The van der Waals surface area contributed by atoms with Crippen LogP contribution in [0, 0.1) is 40.8 Å². The molecule has 0 heterocycles. The molecule has 0 amide bonds. The summed E-state index contributed by atoms with van der Waals surface area (Å²) in [5, 5.41) is 5.70. The van der Waals surface area contributed by atoms with Gasteiger partial charge in [0.1, 0.15) is 0 Å². The first-order valence-electron chi connectivity index (χ1n) is 16.5. The van der Waals surface area contributed by atoms with Crippen molar-refractivity contribution in [3.8, 4) is 0 Å². The van der Waals surface area contributed by atoms with E-state index in [1.165, 1.54) is 78.3 Å². The molecule has 0 unspecified atom stereocenters. The number of hydrogen-bond donors (Lipinski definition) is 0. The van der Waals surface area contributed by atoms with Crippen LogP contribution in [0.4, 0.5) is 0 Å². The van der Waals surface area contributed by atoms with Crippen molar-refractivity contribution in [3.63, 3.8) is 0 Å². The first-order chi connectivity index (χ1) is 22.0. The Labute approximate surface area is 312 Å². The third-order valence-corrected chi connectivity index (χ3v) is 7.83. The molecule has 0 spiro atoms. The van der Waals surface area contributed by atoms with E-state index in [9.17, 15) is 0 Å². The Morgan fingerprint density at radius 3 is 1.00 bits per heavy atom. The van der Waals surface area contributed by atoms with Crippen LogP contribution in [0.3, 0.4) is 0 Å². The molecule has 256 valence electrons. The van der Waals surface area contributed by atoms with Gasteiger partial charge in [-0.15, -0.1) is 56.9 Å². The van der Waals surface area contributed by atoms with Crippen molar-refractivity contribution in [3.05, 3.63) is 170 Å². The Kier molecular flexibility index (Phi) is 22.2. The van der Waals surface area contributed by atoms with Gasteiger partial charge in [-0.2, -0.15) is 84.9 Å². The van der Waals surface area contributed by atoms with Crippen molar-refractivity contribution in [2.75, 3.05) is 0 Å². The molecule has 6 aromatic carbocycles. The van der Waals surface area contributed by atoms with Gasteiger partial charge >= 0.3 is 30.2 Å². The predicted molar refractivity (Wildman–Crippen MR) is 214 cm³/mol. The van der Waals surface area contributed by atoms with Gasteiger partial charge in [0.25, 0.3) is 0 Å². The van der Waals surface area contributed by atoms with E-state index in [4.69, 9.17) is 0 Å². The Balaban J connectivity index is 0.000000644. The molecule has 0 aliphatic rings. The molecule has 0 fully saturated rings. The second-order valence-corrected chi connectivity index (χ2v) is 13.1. The molecule has 6 rings (SSSR count). The van der Waals surface area contributed by atoms with Gasteiger partial charge in [0.2, 0.25) is 0 Å². The standard InChI is InChI=1S/2C16H21.2C6H5.2CH3.Si.Zr/c2*1-10(2)13-8-14-6-12(5)7-16(14)15(9-13)11(3)4;2*1-2-4-6-5-3-1;;;;/h2*6-11H,1-5H3;2*1-5H;2*1H3;;/q6*-1;;. The van der Waals surface area contributed by atoms with E-state index in [2.05, 4.69) is 137 Å². The fourth-order valence-corrected chi connectivity index (χ4v) is 5.35. The van der Waals surface area contributed by atoms with Gasteiger partial charge < -0.3 is 14.9 Å². The molecule has 48 heavy (non-hydrogen) atoms. The fourth-order valence-electron chi connectivity index (χ4n) is 5.35. The summed E-state index contributed by atoms with van der Waals surface area (Å²) in [5.74, 6) is 2.42. The van der Waals surface area contributed by atoms with E-state index < -0.39 is 0 Å². The maximum Gasteiger partial charge on any atom is -0.171 e. The SMILES string of the molecule is Cc1cc2c(C(C)C)cc(C(C)C)cc2[cH-]1.Cc1cc2c(C(C)C)cc(C(C)C)cc2[cH-]1.[CH3-].[CH3-].[Si]=[Zr].[c-]1ccccc1.[c-]1ccccc1. The quantitative estimate of drug-likeness (QED) is 0.125. The first kappa shape index (κ1) is 45.2. The van der Waals surface area contributed by atoms with Crippen LogP contribution < -0.4 is 0 Å². The van der Waals surface area contributed by atoms with Crippen LogP contribution in [0.1, 0.15) is 112 Å². The predicted octanol–water partition coefficient (Wildman–Crippen LogP) is 13.7. The van der Waals surface area contributed by atoms with Crippen LogP contribution in [0.15, 0.2) is 109 Å². The maximum atomic E-state index is 3.06. The van der Waals surface area contributed by atoms with Crippen molar-refractivity contribution < 1.29 is 23.3 Å². The molecule has 6 aromatic rings. The van der Waals surface area contributed by atoms with Gasteiger partial charge in [-0.3, -0.25) is 0 Å². The van der Waals surface area contributed by atoms with E-state index >= 15 is 0 Å². The topological polar surface area (TPSA) is 0 Å². The molecular formula is C46H58SiZr-6. The number of benzene rings is 4. The molecule has 0 N–H and O–H groups in total. The molecule has 0 aliphatic carbocycles. The number of fused-ring (bicyclic) bond motifs is 2. The van der Waals surface area contributed by atoms with Crippen molar-refractivity contribution >= 4 is 28.4 Å². The minimum atomic E-state index is 0. The van der Waals surface area contributed by atoms with E-state index in [1.807, 2.05) is 60.7 Å². The van der Waals surface area contributed by atoms with E-state index in [0.717, 1.165) is 0 Å². The Hall–Kier alpha value is -2.80. The average Bonchev–Trinajstić information content (AvgIpc) is 3.63. The minimum absolute atomic E-state index is 0. The molecule has 0 aromatic heterocycles. The molecule has 0 aliphatic heterocycles. The van der Waals surface area contributed by atoms with E-state index in [0.29, 0.717) is 23.7 Å². The Morgan fingerprint density at radius 2 is 0.792 bits per heavy atom. The van der Waals surface area contributed by atoms with Crippen molar-refractivity contribution in [2.24, 2.45) is 0 Å². The summed E-state index contributed by atoms with van der Waals surface area (Å²) >= 11 is 1.36. The molecule has 2 heteroatoms. The summed E-state index contributed by atoms with van der Waals surface area (Å²) in [6.07, 6.45) is 0. The second kappa shape index (κ2) is 23.5. The minimum Gasteiger partial charge on any atom is -0.184 e. The van der Waals surface area contributed by atoms with Gasteiger partial charge in [-0.1, -0.05) is 104 Å². The van der Waals surface area contributed by atoms with Crippen molar-refractivity contribution in [1.82, 2.24) is 0 Å². The smallest absolute Gasteiger partial charge is 0.171 e.